The molecule has 1 amide bonds. The van der Waals surface area contributed by atoms with Crippen LogP contribution in [0, 0.1) is 12.7 Å². The fraction of sp³-hybridized carbons (Fsp3) is 0.316. The molecule has 1 atom stereocenters. The second kappa shape index (κ2) is 6.92. The summed E-state index contributed by atoms with van der Waals surface area (Å²) in [4.78, 5) is 12.6. The van der Waals surface area contributed by atoms with Crippen LogP contribution in [0.25, 0.3) is 0 Å². The number of nitrogens with one attached hydrogen (secondary N) is 1. The minimum Gasteiger partial charge on any atom is -0.487 e. The summed E-state index contributed by atoms with van der Waals surface area (Å²) in [5.74, 6) is -0.239. The largest absolute Gasteiger partial charge is 0.487 e. The van der Waals surface area contributed by atoms with Crippen molar-refractivity contribution in [3.05, 3.63) is 58.9 Å². The van der Waals surface area contributed by atoms with Crippen LogP contribution < -0.4 is 15.8 Å². The van der Waals surface area contributed by atoms with Gasteiger partial charge in [0.1, 0.15) is 17.2 Å². The minimum atomic E-state index is -0.492. The molecule has 0 saturated heterocycles. The number of hydrogen-bond acceptors (Lipinski definition) is 3. The molecule has 0 aromatic heterocycles. The molecule has 1 aliphatic heterocycles. The quantitative estimate of drug-likeness (QED) is 0.786. The van der Waals surface area contributed by atoms with Crippen LogP contribution >= 0.6 is 12.4 Å². The van der Waals surface area contributed by atoms with E-state index in [4.69, 9.17) is 10.5 Å². The lowest BCUT2D eigenvalue weighted by molar-refractivity contribution is 0.0619. The molecular formula is C19H22ClFN2O2. The lowest BCUT2D eigenvalue weighted by Crippen LogP contribution is -2.41. The summed E-state index contributed by atoms with van der Waals surface area (Å²) in [5.41, 5.74) is 7.33. The summed E-state index contributed by atoms with van der Waals surface area (Å²) >= 11 is 0. The van der Waals surface area contributed by atoms with Gasteiger partial charge in [-0.25, -0.2) is 4.39 Å². The number of nitrogens with two attached hydrogens (primary N) is 1. The molecule has 1 unspecified atom stereocenters. The first kappa shape index (κ1) is 19.1. The smallest absolute Gasteiger partial charge is 0.254 e. The number of carbonyl (C=O) groups is 1. The molecule has 3 rings (SSSR count). The van der Waals surface area contributed by atoms with Gasteiger partial charge in [0, 0.05) is 17.7 Å². The molecule has 1 aliphatic rings. The number of rotatable bonds is 2. The normalized spacial score (nSPS) is 17.7. The number of anilines is 1. The average Bonchev–Trinajstić information content (AvgIpc) is 2.50. The van der Waals surface area contributed by atoms with Gasteiger partial charge in [0.05, 0.1) is 11.6 Å². The third-order valence-corrected chi connectivity index (χ3v) is 4.23. The van der Waals surface area contributed by atoms with Crippen LogP contribution in [0.1, 0.15) is 47.8 Å². The lowest BCUT2D eigenvalue weighted by atomic mass is 9.89. The molecule has 0 radical (unpaired) electrons. The van der Waals surface area contributed by atoms with Crippen LogP contribution in [0.15, 0.2) is 36.4 Å². The Bertz CT molecular complexity index is 808. The molecular weight excluding hydrogens is 343 g/mol. The van der Waals surface area contributed by atoms with Crippen molar-refractivity contribution in [1.82, 2.24) is 5.32 Å². The molecule has 0 fully saturated rings. The highest BCUT2D eigenvalue weighted by atomic mass is 35.5. The molecule has 2 aromatic carbocycles. The van der Waals surface area contributed by atoms with Gasteiger partial charge in [0.15, 0.2) is 0 Å². The lowest BCUT2D eigenvalue weighted by Gasteiger charge is -2.38. The zero-order valence-electron chi connectivity index (χ0n) is 14.4. The van der Waals surface area contributed by atoms with E-state index in [1.165, 1.54) is 6.07 Å². The van der Waals surface area contributed by atoms with Gasteiger partial charge in [-0.05, 0) is 50.6 Å². The average molecular weight is 365 g/mol. The van der Waals surface area contributed by atoms with Crippen molar-refractivity contribution in [2.24, 2.45) is 0 Å². The number of ether oxygens (including phenoxy) is 1. The van der Waals surface area contributed by atoms with Gasteiger partial charge in [0.2, 0.25) is 0 Å². The third-order valence-electron chi connectivity index (χ3n) is 4.23. The third kappa shape index (κ3) is 3.87. The van der Waals surface area contributed by atoms with E-state index in [2.05, 4.69) is 5.32 Å². The summed E-state index contributed by atoms with van der Waals surface area (Å²) in [6, 6.07) is 9.87. The summed E-state index contributed by atoms with van der Waals surface area (Å²) in [6.45, 7) is 5.55. The van der Waals surface area contributed by atoms with E-state index in [1.54, 1.807) is 37.3 Å². The standard InChI is InChI=1S/C19H21FN2O2.ClH/c1-11-5-4-6-13(17(11)20)18(23)22-15-10-19(2,3)24-16-8-7-12(21)9-14(15)16;/h4-9,15H,10,21H2,1-3H3,(H,22,23);1H. The first-order chi connectivity index (χ1) is 11.3. The number of nitrogen functional groups attached to an aromatic ring is 1. The van der Waals surface area contributed by atoms with Crippen LogP contribution in [-0.2, 0) is 0 Å². The highest BCUT2D eigenvalue weighted by Crippen LogP contribution is 2.40. The highest BCUT2D eigenvalue weighted by Gasteiger charge is 2.35. The first-order valence-electron chi connectivity index (χ1n) is 7.91. The molecule has 25 heavy (non-hydrogen) atoms. The van der Waals surface area contributed by atoms with Gasteiger partial charge in [-0.15, -0.1) is 12.4 Å². The maximum atomic E-state index is 14.2. The number of hydrogen-bond donors (Lipinski definition) is 2. The van der Waals surface area contributed by atoms with Crippen LogP contribution in [0.4, 0.5) is 10.1 Å². The summed E-state index contributed by atoms with van der Waals surface area (Å²) in [5, 5.41) is 2.93. The van der Waals surface area contributed by atoms with Gasteiger partial charge in [-0.1, -0.05) is 12.1 Å². The van der Waals surface area contributed by atoms with E-state index in [0.29, 0.717) is 23.4 Å². The van der Waals surface area contributed by atoms with Crippen LogP contribution in [0.3, 0.4) is 0 Å². The van der Waals surface area contributed by atoms with Crippen molar-refractivity contribution in [1.29, 1.82) is 0 Å². The minimum absolute atomic E-state index is 0. The Hall–Kier alpha value is -2.27. The fourth-order valence-electron chi connectivity index (χ4n) is 3.06. The number of halogens is 2. The topological polar surface area (TPSA) is 64.3 Å². The number of fused-ring (bicyclic) bond motifs is 1. The first-order valence-corrected chi connectivity index (χ1v) is 7.91. The number of benzene rings is 2. The molecule has 2 aromatic rings. The van der Waals surface area contributed by atoms with Gasteiger partial charge in [-0.2, -0.15) is 0 Å². The highest BCUT2D eigenvalue weighted by molar-refractivity contribution is 5.95. The molecule has 4 nitrogen and oxygen atoms in total. The number of aryl methyl sites for hydroxylation is 1. The maximum Gasteiger partial charge on any atom is 0.254 e. The van der Waals surface area contributed by atoms with Crippen LogP contribution in [0.5, 0.6) is 5.75 Å². The van der Waals surface area contributed by atoms with Crippen molar-refractivity contribution in [2.75, 3.05) is 5.73 Å². The summed E-state index contributed by atoms with van der Waals surface area (Å²) in [7, 11) is 0. The van der Waals surface area contributed by atoms with E-state index < -0.39 is 17.3 Å². The van der Waals surface area contributed by atoms with Gasteiger partial charge >= 0.3 is 0 Å². The predicted molar refractivity (Wildman–Crippen MR) is 98.8 cm³/mol. The molecule has 3 N–H and O–H groups in total. The Morgan fingerprint density at radius 1 is 1.32 bits per heavy atom. The van der Waals surface area contributed by atoms with Crippen LogP contribution in [-0.4, -0.2) is 11.5 Å². The molecule has 0 bridgehead atoms. The molecule has 0 saturated carbocycles. The van der Waals surface area contributed by atoms with Crippen molar-refractivity contribution in [2.45, 2.75) is 38.8 Å². The monoisotopic (exact) mass is 364 g/mol. The molecule has 0 spiro atoms. The summed E-state index contributed by atoms with van der Waals surface area (Å²) in [6.07, 6.45) is 0.572. The van der Waals surface area contributed by atoms with E-state index in [0.717, 1.165) is 5.56 Å². The van der Waals surface area contributed by atoms with E-state index in [1.807, 2.05) is 13.8 Å². The second-order valence-corrected chi connectivity index (χ2v) is 6.83. The van der Waals surface area contributed by atoms with Crippen molar-refractivity contribution in [3.63, 3.8) is 0 Å². The van der Waals surface area contributed by atoms with Crippen molar-refractivity contribution >= 4 is 24.0 Å². The molecule has 1 heterocycles. The van der Waals surface area contributed by atoms with E-state index in [9.17, 15) is 9.18 Å². The van der Waals surface area contributed by atoms with Gasteiger partial charge < -0.3 is 15.8 Å². The second-order valence-electron chi connectivity index (χ2n) is 6.83. The van der Waals surface area contributed by atoms with Gasteiger partial charge in [0.25, 0.3) is 5.91 Å². The number of amides is 1. The van der Waals surface area contributed by atoms with E-state index in [-0.39, 0.29) is 24.0 Å². The fourth-order valence-corrected chi connectivity index (χ4v) is 3.06. The Balaban J connectivity index is 0.00000225. The van der Waals surface area contributed by atoms with Gasteiger partial charge in [-0.3, -0.25) is 4.79 Å². The zero-order chi connectivity index (χ0) is 17.5. The SMILES string of the molecule is Cc1cccc(C(=O)NC2CC(C)(C)Oc3ccc(N)cc32)c1F.Cl. The molecule has 6 heteroatoms. The van der Waals surface area contributed by atoms with E-state index >= 15 is 0 Å². The Morgan fingerprint density at radius 3 is 2.76 bits per heavy atom. The summed E-state index contributed by atoms with van der Waals surface area (Å²) < 4.78 is 20.2. The van der Waals surface area contributed by atoms with Crippen molar-refractivity contribution in [3.8, 4) is 5.75 Å². The Kier molecular flexibility index (Phi) is 5.28. The van der Waals surface area contributed by atoms with Crippen molar-refractivity contribution < 1.29 is 13.9 Å². The predicted octanol–water partition coefficient (Wildman–Crippen LogP) is 4.17. The molecule has 134 valence electrons. The Labute approximate surface area is 153 Å². The van der Waals surface area contributed by atoms with Crippen LogP contribution in [0.2, 0.25) is 0 Å². The molecule has 0 aliphatic carbocycles. The maximum absolute atomic E-state index is 14.2. The zero-order valence-corrected chi connectivity index (χ0v) is 15.2. The Morgan fingerprint density at radius 2 is 2.04 bits per heavy atom. The number of carbonyl (C=O) groups excluding carboxylic acids is 1.